The number of isocyanates is 1. The maximum atomic E-state index is 10.2. The number of nitrogens with zero attached hydrogens (tertiary/aromatic N) is 1. The number of benzene rings is 1. The minimum Gasteiger partial charge on any atom is -0.497 e. The molecule has 0 saturated carbocycles. The molecule has 0 amide bonds. The zero-order valence-corrected chi connectivity index (χ0v) is 9.69. The van der Waals surface area contributed by atoms with Gasteiger partial charge in [-0.05, 0) is 38.1 Å². The molecule has 0 heterocycles. The van der Waals surface area contributed by atoms with E-state index in [4.69, 9.17) is 9.47 Å². The van der Waals surface area contributed by atoms with E-state index in [1.165, 1.54) is 6.08 Å². The molecule has 4 nitrogen and oxygen atoms in total. The zero-order chi connectivity index (χ0) is 12.0. The van der Waals surface area contributed by atoms with Gasteiger partial charge < -0.3 is 9.47 Å². The molecule has 0 radical (unpaired) electrons. The van der Waals surface area contributed by atoms with E-state index in [9.17, 15) is 4.79 Å². The monoisotopic (exact) mass is 221 g/mol. The Kier molecular flexibility index (Phi) is 4.09. The minimum atomic E-state index is -0.554. The highest BCUT2D eigenvalue weighted by Crippen LogP contribution is 2.18. The first kappa shape index (κ1) is 12.3. The Hall–Kier alpha value is -1.80. The third-order valence-electron chi connectivity index (χ3n) is 2.00. The van der Waals surface area contributed by atoms with Crippen LogP contribution in [-0.2, 0) is 4.79 Å². The average Bonchev–Trinajstić information content (AvgIpc) is 2.27. The van der Waals surface area contributed by atoms with Crippen LogP contribution < -0.4 is 9.47 Å². The fourth-order valence-electron chi connectivity index (χ4n) is 1.09. The number of methoxy groups -OCH3 is 1. The molecule has 16 heavy (non-hydrogen) atoms. The van der Waals surface area contributed by atoms with Crippen molar-refractivity contribution >= 4 is 6.08 Å². The second-order valence-corrected chi connectivity index (χ2v) is 3.98. The van der Waals surface area contributed by atoms with Crippen molar-refractivity contribution in [3.05, 3.63) is 24.3 Å². The van der Waals surface area contributed by atoms with Crippen molar-refractivity contribution in [2.24, 2.45) is 4.99 Å². The Morgan fingerprint density at radius 1 is 1.25 bits per heavy atom. The van der Waals surface area contributed by atoms with Crippen molar-refractivity contribution in [1.82, 2.24) is 0 Å². The Balaban J connectivity index is 2.57. The molecule has 0 fully saturated rings. The first-order chi connectivity index (χ1) is 7.57. The summed E-state index contributed by atoms with van der Waals surface area (Å²) in [6.45, 7) is 3.94. The van der Waals surface area contributed by atoms with E-state index in [0.717, 1.165) is 11.5 Å². The largest absolute Gasteiger partial charge is 0.497 e. The summed E-state index contributed by atoms with van der Waals surface area (Å²) in [5.41, 5.74) is -0.554. The van der Waals surface area contributed by atoms with E-state index in [-0.39, 0.29) is 0 Å². The van der Waals surface area contributed by atoms with Crippen LogP contribution in [-0.4, -0.2) is 25.3 Å². The van der Waals surface area contributed by atoms with Crippen LogP contribution in [0, 0.1) is 0 Å². The second-order valence-electron chi connectivity index (χ2n) is 3.98. The van der Waals surface area contributed by atoms with Crippen molar-refractivity contribution in [1.29, 1.82) is 0 Å². The van der Waals surface area contributed by atoms with Gasteiger partial charge in [-0.15, -0.1) is 0 Å². The van der Waals surface area contributed by atoms with Gasteiger partial charge in [0.2, 0.25) is 6.08 Å². The molecule has 1 rings (SSSR count). The number of aliphatic imine (C=N–C) groups is 1. The van der Waals surface area contributed by atoms with E-state index >= 15 is 0 Å². The Morgan fingerprint density at radius 3 is 2.31 bits per heavy atom. The highest BCUT2D eigenvalue weighted by atomic mass is 16.5. The van der Waals surface area contributed by atoms with Crippen LogP contribution in [0.2, 0.25) is 0 Å². The number of hydrogen-bond acceptors (Lipinski definition) is 4. The number of carbonyl (C=O) groups excluding carboxylic acids is 1. The quantitative estimate of drug-likeness (QED) is 0.565. The van der Waals surface area contributed by atoms with Gasteiger partial charge >= 0.3 is 0 Å². The van der Waals surface area contributed by atoms with E-state index in [0.29, 0.717) is 6.61 Å². The minimum absolute atomic E-state index is 0.328. The predicted molar refractivity (Wildman–Crippen MR) is 60.7 cm³/mol. The summed E-state index contributed by atoms with van der Waals surface area (Å²) < 4.78 is 10.5. The lowest BCUT2D eigenvalue weighted by molar-refractivity contribution is 0.244. The molecule has 0 spiro atoms. The molecule has 0 aliphatic carbocycles. The first-order valence-corrected chi connectivity index (χ1v) is 4.93. The fraction of sp³-hybridized carbons (Fsp3) is 0.417. The van der Waals surface area contributed by atoms with Crippen LogP contribution >= 0.6 is 0 Å². The van der Waals surface area contributed by atoms with Crippen LogP contribution in [0.15, 0.2) is 29.3 Å². The van der Waals surface area contributed by atoms with Crippen molar-refractivity contribution in [2.45, 2.75) is 19.4 Å². The first-order valence-electron chi connectivity index (χ1n) is 4.93. The molecule has 0 N–H and O–H groups in total. The fourth-order valence-corrected chi connectivity index (χ4v) is 1.09. The summed E-state index contributed by atoms with van der Waals surface area (Å²) in [5, 5.41) is 0. The van der Waals surface area contributed by atoms with Gasteiger partial charge in [-0.25, -0.2) is 4.79 Å². The maximum Gasteiger partial charge on any atom is 0.235 e. The SMILES string of the molecule is COc1ccc(OCC(C)(C)N=C=O)cc1. The molecule has 0 aliphatic heterocycles. The predicted octanol–water partition coefficient (Wildman–Crippen LogP) is 2.19. The Labute approximate surface area is 94.9 Å². The molecule has 0 saturated heterocycles. The van der Waals surface area contributed by atoms with Crippen LogP contribution in [0.4, 0.5) is 0 Å². The van der Waals surface area contributed by atoms with Crippen molar-refractivity contribution in [2.75, 3.05) is 13.7 Å². The van der Waals surface area contributed by atoms with Crippen LogP contribution in [0.3, 0.4) is 0 Å². The molecule has 0 aliphatic rings. The molecule has 1 aromatic carbocycles. The summed E-state index contributed by atoms with van der Waals surface area (Å²) in [4.78, 5) is 13.8. The Morgan fingerprint density at radius 2 is 1.81 bits per heavy atom. The van der Waals surface area contributed by atoms with Gasteiger partial charge in [-0.3, -0.25) is 0 Å². The van der Waals surface area contributed by atoms with Gasteiger partial charge in [0, 0.05) is 0 Å². The normalized spacial score (nSPS) is 10.4. The van der Waals surface area contributed by atoms with Crippen molar-refractivity contribution in [3.63, 3.8) is 0 Å². The number of ether oxygens (including phenoxy) is 2. The van der Waals surface area contributed by atoms with E-state index in [2.05, 4.69) is 4.99 Å². The molecule has 1 aromatic rings. The number of rotatable bonds is 5. The third kappa shape index (κ3) is 3.75. The van der Waals surface area contributed by atoms with Gasteiger partial charge in [0.1, 0.15) is 23.6 Å². The van der Waals surface area contributed by atoms with Crippen LogP contribution in [0.5, 0.6) is 11.5 Å². The van der Waals surface area contributed by atoms with Gasteiger partial charge in [0.25, 0.3) is 0 Å². The molecule has 0 unspecified atom stereocenters. The molecule has 0 aromatic heterocycles. The lowest BCUT2D eigenvalue weighted by Crippen LogP contribution is -2.26. The lowest BCUT2D eigenvalue weighted by Gasteiger charge is -2.17. The summed E-state index contributed by atoms with van der Waals surface area (Å²) >= 11 is 0. The van der Waals surface area contributed by atoms with Gasteiger partial charge in [-0.1, -0.05) is 0 Å². The molecule has 86 valence electrons. The Bertz CT molecular complexity index is 378. The highest BCUT2D eigenvalue weighted by Gasteiger charge is 2.17. The summed E-state index contributed by atoms with van der Waals surface area (Å²) in [6.07, 6.45) is 1.54. The second kappa shape index (κ2) is 5.33. The highest BCUT2D eigenvalue weighted by molar-refractivity contribution is 5.35. The van der Waals surface area contributed by atoms with Gasteiger partial charge in [0.15, 0.2) is 0 Å². The third-order valence-corrected chi connectivity index (χ3v) is 2.00. The summed E-state index contributed by atoms with van der Waals surface area (Å²) in [5.74, 6) is 1.49. The molecule has 0 bridgehead atoms. The topological polar surface area (TPSA) is 47.9 Å². The van der Waals surface area contributed by atoms with Crippen molar-refractivity contribution in [3.8, 4) is 11.5 Å². The standard InChI is InChI=1S/C12H15NO3/c1-12(2,13-9-14)8-16-11-6-4-10(15-3)5-7-11/h4-7H,8H2,1-3H3. The van der Waals surface area contributed by atoms with E-state index in [1.54, 1.807) is 33.1 Å². The molecule has 4 heteroatoms. The molecule has 0 atom stereocenters. The number of hydrogen-bond donors (Lipinski definition) is 0. The van der Waals surface area contributed by atoms with Crippen LogP contribution in [0.1, 0.15) is 13.8 Å². The van der Waals surface area contributed by atoms with Gasteiger partial charge in [0.05, 0.1) is 7.11 Å². The van der Waals surface area contributed by atoms with Gasteiger partial charge in [-0.2, -0.15) is 4.99 Å². The van der Waals surface area contributed by atoms with Crippen LogP contribution in [0.25, 0.3) is 0 Å². The maximum absolute atomic E-state index is 10.2. The smallest absolute Gasteiger partial charge is 0.235 e. The molecular weight excluding hydrogens is 206 g/mol. The summed E-state index contributed by atoms with van der Waals surface area (Å²) in [6, 6.07) is 7.23. The van der Waals surface area contributed by atoms with E-state index in [1.807, 2.05) is 12.1 Å². The van der Waals surface area contributed by atoms with Crippen molar-refractivity contribution < 1.29 is 14.3 Å². The zero-order valence-electron chi connectivity index (χ0n) is 9.69. The average molecular weight is 221 g/mol. The lowest BCUT2D eigenvalue weighted by atomic mass is 10.1. The summed E-state index contributed by atoms with van der Waals surface area (Å²) in [7, 11) is 1.61. The van der Waals surface area contributed by atoms with E-state index < -0.39 is 5.54 Å². The molecular formula is C12H15NO3.